The highest BCUT2D eigenvalue weighted by Crippen LogP contribution is 2.29. The summed E-state index contributed by atoms with van der Waals surface area (Å²) < 4.78 is 0. The van der Waals surface area contributed by atoms with Gasteiger partial charge in [0.2, 0.25) is 5.91 Å². The van der Waals surface area contributed by atoms with Crippen molar-refractivity contribution in [2.45, 2.75) is 13.3 Å². The molecule has 1 saturated heterocycles. The van der Waals surface area contributed by atoms with Gasteiger partial charge >= 0.3 is 11.9 Å². The Kier molecular flexibility index (Phi) is 2.46. The summed E-state index contributed by atoms with van der Waals surface area (Å²) in [5, 5.41) is 8.44. The smallest absolute Gasteiger partial charge is 0.394 e. The van der Waals surface area contributed by atoms with Crippen LogP contribution in [0.5, 0.6) is 0 Å². The highest BCUT2D eigenvalue weighted by Gasteiger charge is 2.41. The van der Waals surface area contributed by atoms with Crippen LogP contribution < -0.4 is 5.73 Å². The molecule has 1 heterocycles. The van der Waals surface area contributed by atoms with Crippen LogP contribution in [0.1, 0.15) is 13.3 Å². The molecule has 1 aliphatic rings. The van der Waals surface area contributed by atoms with Gasteiger partial charge in [-0.15, -0.1) is 0 Å². The van der Waals surface area contributed by atoms with E-state index in [2.05, 4.69) is 0 Å². The van der Waals surface area contributed by atoms with Gasteiger partial charge in [-0.1, -0.05) is 0 Å². The molecular formula is C8H12N2O4. The summed E-state index contributed by atoms with van der Waals surface area (Å²) >= 11 is 0. The molecule has 1 unspecified atom stereocenters. The second-order valence-electron chi connectivity index (χ2n) is 3.71. The average molecular weight is 200 g/mol. The molecule has 1 fully saturated rings. The lowest BCUT2D eigenvalue weighted by atomic mass is 9.89. The molecule has 6 nitrogen and oxygen atoms in total. The first-order valence-electron chi connectivity index (χ1n) is 4.19. The van der Waals surface area contributed by atoms with Crippen molar-refractivity contribution in [2.24, 2.45) is 11.1 Å². The van der Waals surface area contributed by atoms with E-state index in [4.69, 9.17) is 10.8 Å². The first-order chi connectivity index (χ1) is 6.37. The minimum absolute atomic E-state index is 0.0907. The van der Waals surface area contributed by atoms with Crippen LogP contribution in [-0.2, 0) is 14.4 Å². The van der Waals surface area contributed by atoms with Crippen LogP contribution in [0.15, 0.2) is 0 Å². The number of amides is 2. The SMILES string of the molecule is CC1(C(N)=O)CCN(C(=O)C(=O)O)C1. The van der Waals surface area contributed by atoms with Crippen molar-refractivity contribution >= 4 is 17.8 Å². The van der Waals surface area contributed by atoms with Gasteiger partial charge in [0.15, 0.2) is 0 Å². The normalized spacial score (nSPS) is 26.2. The first-order valence-corrected chi connectivity index (χ1v) is 4.19. The molecule has 0 saturated carbocycles. The topological polar surface area (TPSA) is 101 Å². The largest absolute Gasteiger partial charge is 0.474 e. The third-order valence-electron chi connectivity index (χ3n) is 2.54. The molecule has 6 heteroatoms. The van der Waals surface area contributed by atoms with E-state index in [0.29, 0.717) is 6.42 Å². The number of carboxylic acid groups (broad SMARTS) is 1. The van der Waals surface area contributed by atoms with Gasteiger partial charge in [0.1, 0.15) is 0 Å². The number of aliphatic carboxylic acids is 1. The maximum Gasteiger partial charge on any atom is 0.394 e. The van der Waals surface area contributed by atoms with Crippen LogP contribution in [0.25, 0.3) is 0 Å². The lowest BCUT2D eigenvalue weighted by Crippen LogP contribution is -2.40. The summed E-state index contributed by atoms with van der Waals surface area (Å²) in [7, 11) is 0. The quantitative estimate of drug-likeness (QED) is 0.519. The van der Waals surface area contributed by atoms with E-state index in [9.17, 15) is 14.4 Å². The minimum Gasteiger partial charge on any atom is -0.474 e. The second kappa shape index (κ2) is 3.28. The molecule has 78 valence electrons. The Hall–Kier alpha value is -1.59. The van der Waals surface area contributed by atoms with Crippen LogP contribution in [0.2, 0.25) is 0 Å². The predicted molar refractivity (Wildman–Crippen MR) is 46.1 cm³/mol. The summed E-state index contributed by atoms with van der Waals surface area (Å²) in [5.41, 5.74) is 4.36. The molecule has 1 atom stereocenters. The van der Waals surface area contributed by atoms with Crippen LogP contribution in [0.4, 0.5) is 0 Å². The Morgan fingerprint density at radius 1 is 1.43 bits per heavy atom. The summed E-state index contributed by atoms with van der Waals surface area (Å²) in [5.74, 6) is -2.98. The molecule has 0 aromatic rings. The Balaban J connectivity index is 2.70. The fourth-order valence-corrected chi connectivity index (χ4v) is 1.47. The molecular weight excluding hydrogens is 188 g/mol. The van der Waals surface area contributed by atoms with E-state index in [1.807, 2.05) is 0 Å². The minimum atomic E-state index is -1.50. The fourth-order valence-electron chi connectivity index (χ4n) is 1.47. The van der Waals surface area contributed by atoms with E-state index in [-0.39, 0.29) is 13.1 Å². The summed E-state index contributed by atoms with van der Waals surface area (Å²) in [6, 6.07) is 0. The van der Waals surface area contributed by atoms with Gasteiger partial charge in [0.05, 0.1) is 5.41 Å². The Morgan fingerprint density at radius 2 is 2.00 bits per heavy atom. The van der Waals surface area contributed by atoms with Gasteiger partial charge in [-0.25, -0.2) is 4.79 Å². The van der Waals surface area contributed by atoms with Crippen LogP contribution in [0.3, 0.4) is 0 Å². The zero-order valence-electron chi connectivity index (χ0n) is 7.82. The van der Waals surface area contributed by atoms with E-state index >= 15 is 0 Å². The molecule has 0 aliphatic carbocycles. The molecule has 2 amide bonds. The highest BCUT2D eigenvalue weighted by atomic mass is 16.4. The number of hydrogen-bond acceptors (Lipinski definition) is 3. The number of carboxylic acids is 1. The van der Waals surface area contributed by atoms with Gasteiger partial charge in [-0.05, 0) is 13.3 Å². The molecule has 1 aliphatic heterocycles. The van der Waals surface area contributed by atoms with Gasteiger partial charge in [-0.2, -0.15) is 0 Å². The molecule has 0 bridgehead atoms. The molecule has 14 heavy (non-hydrogen) atoms. The number of likely N-dealkylation sites (tertiary alicyclic amines) is 1. The molecule has 0 aromatic heterocycles. The molecule has 3 N–H and O–H groups in total. The van der Waals surface area contributed by atoms with E-state index in [1.54, 1.807) is 6.92 Å². The molecule has 0 spiro atoms. The van der Waals surface area contributed by atoms with Gasteiger partial charge in [0, 0.05) is 13.1 Å². The van der Waals surface area contributed by atoms with Gasteiger partial charge in [-0.3, -0.25) is 9.59 Å². The number of carbonyl (C=O) groups excluding carboxylic acids is 2. The number of primary amides is 1. The first kappa shape index (κ1) is 10.5. The standard InChI is InChI=1S/C8H12N2O4/c1-8(7(9)14)2-3-10(4-8)5(11)6(12)13/h2-4H2,1H3,(H2,9,14)(H,12,13). The van der Waals surface area contributed by atoms with Crippen molar-refractivity contribution in [1.29, 1.82) is 0 Å². The molecule has 0 radical (unpaired) electrons. The van der Waals surface area contributed by atoms with Crippen molar-refractivity contribution in [3.8, 4) is 0 Å². The summed E-state index contributed by atoms with van der Waals surface area (Å²) in [4.78, 5) is 33.5. The monoisotopic (exact) mass is 200 g/mol. The maximum atomic E-state index is 11.0. The zero-order chi connectivity index (χ0) is 10.9. The van der Waals surface area contributed by atoms with Gasteiger partial charge in [0.25, 0.3) is 0 Å². The number of nitrogens with zero attached hydrogens (tertiary/aromatic N) is 1. The predicted octanol–water partition coefficient (Wildman–Crippen LogP) is -1.21. The van der Waals surface area contributed by atoms with Crippen LogP contribution in [-0.4, -0.2) is 40.9 Å². The third kappa shape index (κ3) is 1.68. The highest BCUT2D eigenvalue weighted by molar-refractivity contribution is 6.31. The fraction of sp³-hybridized carbons (Fsp3) is 0.625. The van der Waals surface area contributed by atoms with Crippen molar-refractivity contribution in [2.75, 3.05) is 13.1 Å². The zero-order valence-corrected chi connectivity index (χ0v) is 7.82. The van der Waals surface area contributed by atoms with E-state index in [0.717, 1.165) is 4.90 Å². The third-order valence-corrected chi connectivity index (χ3v) is 2.54. The van der Waals surface area contributed by atoms with Crippen molar-refractivity contribution in [3.05, 3.63) is 0 Å². The molecule has 0 aromatic carbocycles. The van der Waals surface area contributed by atoms with Gasteiger partial charge < -0.3 is 15.7 Å². The van der Waals surface area contributed by atoms with Crippen molar-refractivity contribution in [3.63, 3.8) is 0 Å². The maximum absolute atomic E-state index is 11.0. The van der Waals surface area contributed by atoms with Crippen molar-refractivity contribution < 1.29 is 19.5 Å². The van der Waals surface area contributed by atoms with Crippen molar-refractivity contribution in [1.82, 2.24) is 4.90 Å². The van der Waals surface area contributed by atoms with E-state index in [1.165, 1.54) is 0 Å². The summed E-state index contributed by atoms with van der Waals surface area (Å²) in [6.07, 6.45) is 0.418. The van der Waals surface area contributed by atoms with Crippen LogP contribution in [0, 0.1) is 5.41 Å². The average Bonchev–Trinajstić information content (AvgIpc) is 2.48. The lowest BCUT2D eigenvalue weighted by Gasteiger charge is -2.19. The number of nitrogens with two attached hydrogens (primary N) is 1. The summed E-state index contributed by atoms with van der Waals surface area (Å²) in [6.45, 7) is 1.99. The Labute approximate surface area is 80.7 Å². The number of carbonyl (C=O) groups is 3. The molecule has 1 rings (SSSR count). The number of rotatable bonds is 1. The number of hydrogen-bond donors (Lipinski definition) is 2. The second-order valence-corrected chi connectivity index (χ2v) is 3.71. The van der Waals surface area contributed by atoms with Crippen LogP contribution >= 0.6 is 0 Å². The van der Waals surface area contributed by atoms with E-state index < -0.39 is 23.2 Å². The Bertz CT molecular complexity index is 302. The Morgan fingerprint density at radius 3 is 2.36 bits per heavy atom. The lowest BCUT2D eigenvalue weighted by molar-refractivity contribution is -0.155.